The average molecular weight is 184 g/mol. The van der Waals surface area contributed by atoms with Gasteiger partial charge in [0.15, 0.2) is 11.6 Å². The van der Waals surface area contributed by atoms with E-state index in [1.54, 1.807) is 0 Å². The highest BCUT2D eigenvalue weighted by Gasteiger charge is 2.01. The molecule has 0 saturated carbocycles. The van der Waals surface area contributed by atoms with Crippen LogP contribution in [0.15, 0.2) is 24.3 Å². The van der Waals surface area contributed by atoms with E-state index in [0.29, 0.717) is 0 Å². The number of halogens is 2. The molecule has 0 saturated heterocycles. The first-order valence-electron chi connectivity index (χ1n) is 3.51. The zero-order valence-corrected chi connectivity index (χ0v) is 6.59. The summed E-state index contributed by atoms with van der Waals surface area (Å²) in [6.45, 7) is -0.00538. The largest absolute Gasteiger partial charge is 0.489 e. The molecule has 0 aliphatic carbocycles. The fourth-order valence-corrected chi connectivity index (χ4v) is 0.739. The number of carbonyl (C=O) groups excluding carboxylic acids is 1. The van der Waals surface area contributed by atoms with E-state index in [1.807, 2.05) is 0 Å². The van der Waals surface area contributed by atoms with E-state index in [9.17, 15) is 13.6 Å². The Kier molecular flexibility index (Phi) is 3.17. The Bertz CT molecular complexity index is 343. The molecule has 1 aromatic rings. The molecular formula is C9H6F2O2. The van der Waals surface area contributed by atoms with Gasteiger partial charge >= 0.3 is 0 Å². The third-order valence-electron chi connectivity index (χ3n) is 1.31. The molecule has 0 bridgehead atoms. The Hall–Kier alpha value is -1.67. The third kappa shape index (κ3) is 2.69. The van der Waals surface area contributed by atoms with E-state index in [2.05, 4.69) is 0 Å². The fraction of sp³-hybridized carbons (Fsp3) is 0.111. The van der Waals surface area contributed by atoms with Crippen LogP contribution in [0.2, 0.25) is 0 Å². The van der Waals surface area contributed by atoms with Crippen molar-refractivity contribution in [1.29, 1.82) is 0 Å². The van der Waals surface area contributed by atoms with Crippen molar-refractivity contribution in [2.75, 3.05) is 6.61 Å². The summed E-state index contributed by atoms with van der Waals surface area (Å²) in [6, 6.07) is 3.14. The van der Waals surface area contributed by atoms with Crippen LogP contribution in [0.1, 0.15) is 0 Å². The fourth-order valence-electron chi connectivity index (χ4n) is 0.739. The van der Waals surface area contributed by atoms with E-state index in [0.717, 1.165) is 18.2 Å². The number of benzene rings is 1. The maximum absolute atomic E-state index is 12.5. The minimum atomic E-state index is -0.979. The topological polar surface area (TPSA) is 26.3 Å². The van der Waals surface area contributed by atoms with E-state index in [1.165, 1.54) is 12.0 Å². The molecule has 0 aliphatic rings. The van der Waals surface area contributed by atoms with Crippen molar-refractivity contribution in [2.45, 2.75) is 0 Å². The van der Waals surface area contributed by atoms with Crippen LogP contribution in [-0.4, -0.2) is 12.5 Å². The summed E-state index contributed by atoms with van der Waals surface area (Å²) in [6.07, 6.45) is 1.10. The monoisotopic (exact) mass is 184 g/mol. The second-order valence-electron chi connectivity index (χ2n) is 2.21. The molecule has 1 aromatic carbocycles. The summed E-state index contributed by atoms with van der Waals surface area (Å²) in [5, 5.41) is 0. The van der Waals surface area contributed by atoms with E-state index in [-0.39, 0.29) is 12.4 Å². The first kappa shape index (κ1) is 9.42. The quantitative estimate of drug-likeness (QED) is 0.668. The normalized spacial score (nSPS) is 9.08. The van der Waals surface area contributed by atoms with Gasteiger partial charge in [0.1, 0.15) is 18.3 Å². The second-order valence-corrected chi connectivity index (χ2v) is 2.21. The van der Waals surface area contributed by atoms with Crippen molar-refractivity contribution in [1.82, 2.24) is 0 Å². The lowest BCUT2D eigenvalue weighted by atomic mass is 10.3. The predicted molar refractivity (Wildman–Crippen MR) is 42.1 cm³/mol. The molecule has 0 amide bonds. The summed E-state index contributed by atoms with van der Waals surface area (Å²) < 4.78 is 29.8. The number of rotatable bonds is 3. The van der Waals surface area contributed by atoms with Gasteiger partial charge in [0.05, 0.1) is 0 Å². The van der Waals surface area contributed by atoms with Gasteiger partial charge in [0.25, 0.3) is 0 Å². The van der Waals surface area contributed by atoms with Crippen LogP contribution in [0.5, 0.6) is 5.75 Å². The Balaban J connectivity index is 2.68. The molecule has 0 N–H and O–H groups in total. The Morgan fingerprint density at radius 3 is 2.77 bits per heavy atom. The maximum Gasteiger partial charge on any atom is 0.162 e. The van der Waals surface area contributed by atoms with Crippen LogP contribution in [0.4, 0.5) is 8.78 Å². The highest BCUT2D eigenvalue weighted by Crippen LogP contribution is 2.14. The van der Waals surface area contributed by atoms with Gasteiger partial charge in [-0.15, -0.1) is 0 Å². The van der Waals surface area contributed by atoms with Crippen LogP contribution < -0.4 is 4.74 Å². The molecule has 0 aliphatic heterocycles. The summed E-state index contributed by atoms with van der Waals surface area (Å²) in [5.74, 6) is -0.243. The smallest absolute Gasteiger partial charge is 0.162 e. The lowest BCUT2D eigenvalue weighted by molar-refractivity contribution is 0.358. The molecule has 1 rings (SSSR count). The lowest BCUT2D eigenvalue weighted by Crippen LogP contribution is -1.94. The van der Waals surface area contributed by atoms with Gasteiger partial charge in [-0.05, 0) is 12.1 Å². The summed E-state index contributed by atoms with van der Waals surface area (Å²) >= 11 is 0. The first-order chi connectivity index (χ1) is 6.24. The maximum atomic E-state index is 12.5. The SMILES string of the molecule is O=C=CCOc1ccc(F)c(F)c1. The van der Waals surface area contributed by atoms with E-state index < -0.39 is 11.6 Å². The van der Waals surface area contributed by atoms with Gasteiger partial charge in [-0.25, -0.2) is 13.6 Å². The molecule has 0 unspecified atom stereocenters. The van der Waals surface area contributed by atoms with Crippen LogP contribution >= 0.6 is 0 Å². The molecule has 0 spiro atoms. The highest BCUT2D eigenvalue weighted by molar-refractivity contribution is 5.45. The predicted octanol–water partition coefficient (Wildman–Crippen LogP) is 1.73. The van der Waals surface area contributed by atoms with E-state index in [4.69, 9.17) is 4.74 Å². The molecule has 2 nitrogen and oxygen atoms in total. The van der Waals surface area contributed by atoms with Crippen LogP contribution in [0.3, 0.4) is 0 Å². The van der Waals surface area contributed by atoms with Crippen molar-refractivity contribution < 1.29 is 18.3 Å². The van der Waals surface area contributed by atoms with Crippen LogP contribution in [0.25, 0.3) is 0 Å². The molecule has 0 fully saturated rings. The highest BCUT2D eigenvalue weighted by atomic mass is 19.2. The molecular weight excluding hydrogens is 178 g/mol. The van der Waals surface area contributed by atoms with Crippen LogP contribution in [-0.2, 0) is 4.79 Å². The summed E-state index contributed by atoms with van der Waals surface area (Å²) in [5.41, 5.74) is 0. The molecule has 0 aromatic heterocycles. The van der Waals surface area contributed by atoms with Crippen LogP contribution in [0, 0.1) is 11.6 Å². The minimum Gasteiger partial charge on any atom is -0.489 e. The molecule has 0 heterocycles. The Morgan fingerprint density at radius 1 is 1.38 bits per heavy atom. The van der Waals surface area contributed by atoms with Crippen molar-refractivity contribution in [3.05, 3.63) is 35.9 Å². The molecule has 4 heteroatoms. The van der Waals surface area contributed by atoms with Crippen molar-refractivity contribution in [3.63, 3.8) is 0 Å². The van der Waals surface area contributed by atoms with Crippen molar-refractivity contribution in [2.24, 2.45) is 0 Å². The molecule has 0 radical (unpaired) electrons. The summed E-state index contributed by atoms with van der Waals surface area (Å²) in [4.78, 5) is 9.72. The number of ether oxygens (including phenoxy) is 1. The van der Waals surface area contributed by atoms with Crippen molar-refractivity contribution >= 4 is 5.94 Å². The molecule has 13 heavy (non-hydrogen) atoms. The third-order valence-corrected chi connectivity index (χ3v) is 1.31. The van der Waals surface area contributed by atoms with Gasteiger partial charge in [-0.3, -0.25) is 0 Å². The van der Waals surface area contributed by atoms with Gasteiger partial charge in [0, 0.05) is 12.1 Å². The molecule has 68 valence electrons. The molecule has 0 atom stereocenters. The Morgan fingerprint density at radius 2 is 2.15 bits per heavy atom. The van der Waals surface area contributed by atoms with Crippen molar-refractivity contribution in [3.8, 4) is 5.75 Å². The zero-order valence-electron chi connectivity index (χ0n) is 6.59. The number of hydrogen-bond acceptors (Lipinski definition) is 2. The van der Waals surface area contributed by atoms with Gasteiger partial charge in [0.2, 0.25) is 0 Å². The second kappa shape index (κ2) is 4.38. The number of hydrogen-bond donors (Lipinski definition) is 0. The van der Waals surface area contributed by atoms with Gasteiger partial charge in [-0.2, -0.15) is 0 Å². The lowest BCUT2D eigenvalue weighted by Gasteiger charge is -2.01. The minimum absolute atomic E-state index is 0.00538. The standard InChI is InChI=1S/C9H6F2O2/c10-8-3-2-7(6-9(8)11)13-5-1-4-12/h1-3,6H,5H2. The van der Waals surface area contributed by atoms with Gasteiger partial charge < -0.3 is 4.74 Å². The van der Waals surface area contributed by atoms with Gasteiger partial charge in [-0.1, -0.05) is 0 Å². The Labute approximate surface area is 73.4 Å². The van der Waals surface area contributed by atoms with E-state index >= 15 is 0 Å². The first-order valence-corrected chi connectivity index (χ1v) is 3.51. The average Bonchev–Trinajstić information content (AvgIpc) is 2.12. The zero-order chi connectivity index (χ0) is 9.68. The summed E-state index contributed by atoms with van der Waals surface area (Å²) in [7, 11) is 0.